The lowest BCUT2D eigenvalue weighted by molar-refractivity contribution is -0.286. The van der Waals surface area contributed by atoms with Crippen LogP contribution in [0, 0.1) is 6.92 Å². The number of ether oxygens (including phenoxy) is 4. The van der Waals surface area contributed by atoms with Gasteiger partial charge in [-0.05, 0) is 50.2 Å². The third kappa shape index (κ3) is 4.99. The van der Waals surface area contributed by atoms with Crippen LogP contribution >= 0.6 is 11.3 Å². The second kappa shape index (κ2) is 10.4. The molecular weight excluding hydrogens is 643 g/mol. The fourth-order valence-electron chi connectivity index (χ4n) is 5.13. The number of nitrogens with two attached hydrogens (primary N) is 1. The first kappa shape index (κ1) is 31.2. The van der Waals surface area contributed by atoms with E-state index in [1.165, 1.54) is 43.6 Å². The molecule has 2 aromatic carbocycles. The predicted molar refractivity (Wildman–Crippen MR) is 151 cm³/mol. The number of aromatic nitrogens is 2. The van der Waals surface area contributed by atoms with Crippen molar-refractivity contribution in [3.8, 4) is 34.3 Å². The fourth-order valence-corrected chi connectivity index (χ4v) is 6.02. The molecular formula is C29H23F5N4O7S. The quantitative estimate of drug-likeness (QED) is 0.245. The SMILES string of the molecule is COc1cc(C(=O)NC[C@](O)(c2cc3c(c(-c4ccc5c(c4)OC(F)(F)O5)n2)OC[C@]3(C)C(N)=O)C(F)(F)F)cc2sc(C)nc12. The lowest BCUT2D eigenvalue weighted by Crippen LogP contribution is -2.51. The Hall–Kier alpha value is -4.77. The molecule has 6 rings (SSSR count). The molecule has 0 unspecified atom stereocenters. The molecule has 17 heteroatoms. The zero-order chi connectivity index (χ0) is 33.4. The van der Waals surface area contributed by atoms with Crippen molar-refractivity contribution in [1.82, 2.24) is 15.3 Å². The van der Waals surface area contributed by atoms with Gasteiger partial charge < -0.3 is 35.1 Å². The number of carbonyl (C=O) groups excluding carboxylic acids is 2. The van der Waals surface area contributed by atoms with Crippen LogP contribution in [0.25, 0.3) is 21.5 Å². The number of aryl methyl sites for hydroxylation is 1. The smallest absolute Gasteiger partial charge is 0.494 e. The molecule has 2 aliphatic rings. The molecule has 46 heavy (non-hydrogen) atoms. The monoisotopic (exact) mass is 666 g/mol. The predicted octanol–water partition coefficient (Wildman–Crippen LogP) is 4.31. The maximum Gasteiger partial charge on any atom is 0.586 e. The molecule has 0 aliphatic carbocycles. The van der Waals surface area contributed by atoms with Crippen molar-refractivity contribution in [2.75, 3.05) is 20.3 Å². The van der Waals surface area contributed by atoms with Crippen molar-refractivity contribution in [3.05, 3.63) is 58.2 Å². The first-order chi connectivity index (χ1) is 21.5. The van der Waals surface area contributed by atoms with Gasteiger partial charge in [-0.3, -0.25) is 9.59 Å². The summed E-state index contributed by atoms with van der Waals surface area (Å²) in [6.45, 7) is 1.26. The minimum absolute atomic E-state index is 0.0630. The number of amides is 2. The van der Waals surface area contributed by atoms with E-state index in [2.05, 4.69) is 24.8 Å². The lowest BCUT2D eigenvalue weighted by atomic mass is 9.81. The Balaban J connectivity index is 1.44. The summed E-state index contributed by atoms with van der Waals surface area (Å²) in [6.07, 6.45) is -9.42. The van der Waals surface area contributed by atoms with Gasteiger partial charge in [0.15, 0.2) is 11.5 Å². The molecule has 0 bridgehead atoms. The Morgan fingerprint density at radius 2 is 1.85 bits per heavy atom. The molecule has 0 spiro atoms. The highest BCUT2D eigenvalue weighted by atomic mass is 32.1. The molecule has 0 radical (unpaired) electrons. The molecule has 0 fully saturated rings. The summed E-state index contributed by atoms with van der Waals surface area (Å²) in [5.74, 6) is -2.66. The minimum Gasteiger partial charge on any atom is -0.494 e. The molecule has 0 saturated carbocycles. The highest BCUT2D eigenvalue weighted by Gasteiger charge is 2.58. The van der Waals surface area contributed by atoms with E-state index >= 15 is 0 Å². The van der Waals surface area contributed by atoms with Gasteiger partial charge in [-0.1, -0.05) is 0 Å². The number of benzene rings is 2. The third-order valence-corrected chi connectivity index (χ3v) is 8.66. The standard InChI is InChI=1S/C29H23F5N4O7S/c1-12-37-22-18(42-3)7-14(8-19(22)46-12)24(39)36-10-27(41,28(30,31)32)20-9-15-23(43-11-26(15,2)25(35)40)21(38-20)13-4-5-16-17(6-13)45-29(33,34)44-16/h4-9,41H,10-11H2,1-3H3,(H2,35,40)(H,36,39)/t26-,27-/m0/s1. The second-order valence-electron chi connectivity index (χ2n) is 10.8. The first-order valence-corrected chi connectivity index (χ1v) is 14.2. The Morgan fingerprint density at radius 1 is 1.13 bits per heavy atom. The highest BCUT2D eigenvalue weighted by Crippen LogP contribution is 2.50. The number of thiazole rings is 1. The Bertz CT molecular complexity index is 1930. The zero-order valence-electron chi connectivity index (χ0n) is 24.0. The number of methoxy groups -OCH3 is 1. The van der Waals surface area contributed by atoms with Gasteiger partial charge in [-0.15, -0.1) is 20.1 Å². The van der Waals surface area contributed by atoms with Crippen LogP contribution in [0.2, 0.25) is 0 Å². The number of nitrogens with one attached hydrogen (secondary N) is 1. The van der Waals surface area contributed by atoms with E-state index in [9.17, 15) is 36.6 Å². The maximum atomic E-state index is 14.8. The van der Waals surface area contributed by atoms with Crippen molar-refractivity contribution >= 4 is 33.4 Å². The van der Waals surface area contributed by atoms with Crippen LogP contribution in [0.5, 0.6) is 23.0 Å². The van der Waals surface area contributed by atoms with E-state index in [1.807, 2.05) is 0 Å². The summed E-state index contributed by atoms with van der Waals surface area (Å²) < 4.78 is 92.0. The van der Waals surface area contributed by atoms with E-state index < -0.39 is 53.3 Å². The van der Waals surface area contributed by atoms with E-state index in [4.69, 9.17) is 15.2 Å². The van der Waals surface area contributed by atoms with Crippen LogP contribution in [0.3, 0.4) is 0 Å². The zero-order valence-corrected chi connectivity index (χ0v) is 24.9. The number of aliphatic hydroxyl groups is 1. The first-order valence-electron chi connectivity index (χ1n) is 13.4. The fraction of sp³-hybridized carbons (Fsp3) is 0.310. The van der Waals surface area contributed by atoms with E-state index in [0.717, 1.165) is 18.2 Å². The Labute approximate surface area is 260 Å². The van der Waals surface area contributed by atoms with E-state index in [1.54, 1.807) is 6.92 Å². The van der Waals surface area contributed by atoms with Crippen molar-refractivity contribution in [2.24, 2.45) is 5.73 Å². The topological polar surface area (TPSA) is 155 Å². The molecule has 4 heterocycles. The van der Waals surface area contributed by atoms with Gasteiger partial charge in [0.05, 0.1) is 29.1 Å². The number of hydrogen-bond acceptors (Lipinski definition) is 10. The molecule has 242 valence electrons. The van der Waals surface area contributed by atoms with Gasteiger partial charge in [0, 0.05) is 16.7 Å². The van der Waals surface area contributed by atoms with Gasteiger partial charge >= 0.3 is 12.5 Å². The van der Waals surface area contributed by atoms with Gasteiger partial charge in [-0.25, -0.2) is 9.97 Å². The average Bonchev–Trinajstić information content (AvgIpc) is 3.64. The van der Waals surface area contributed by atoms with Crippen molar-refractivity contribution in [2.45, 2.75) is 37.3 Å². The van der Waals surface area contributed by atoms with Crippen LogP contribution in [0.4, 0.5) is 22.0 Å². The van der Waals surface area contributed by atoms with E-state index in [-0.39, 0.29) is 46.2 Å². The van der Waals surface area contributed by atoms with E-state index in [0.29, 0.717) is 15.2 Å². The number of fused-ring (bicyclic) bond motifs is 3. The van der Waals surface area contributed by atoms with Crippen molar-refractivity contribution in [1.29, 1.82) is 0 Å². The number of hydrogen-bond donors (Lipinski definition) is 3. The number of rotatable bonds is 7. The maximum absolute atomic E-state index is 14.8. The second-order valence-corrected chi connectivity index (χ2v) is 12.1. The van der Waals surface area contributed by atoms with Gasteiger partial charge in [-0.2, -0.15) is 13.2 Å². The van der Waals surface area contributed by atoms with Gasteiger partial charge in [0.25, 0.3) is 5.91 Å². The molecule has 4 N–H and O–H groups in total. The number of pyridine rings is 1. The molecule has 0 saturated heterocycles. The summed E-state index contributed by atoms with van der Waals surface area (Å²) in [7, 11) is 1.35. The summed E-state index contributed by atoms with van der Waals surface area (Å²) in [5, 5.41) is 14.1. The van der Waals surface area contributed by atoms with Crippen LogP contribution in [0.15, 0.2) is 36.4 Å². The summed E-state index contributed by atoms with van der Waals surface area (Å²) >= 11 is 1.24. The molecule has 2 aliphatic heterocycles. The van der Waals surface area contributed by atoms with Gasteiger partial charge in [0.2, 0.25) is 11.5 Å². The number of carbonyl (C=O) groups is 2. The summed E-state index contributed by atoms with van der Waals surface area (Å²) in [6, 6.07) is 6.87. The lowest BCUT2D eigenvalue weighted by Gasteiger charge is -2.31. The number of halogens is 5. The number of alkyl halides is 5. The van der Waals surface area contributed by atoms with Crippen LogP contribution in [-0.2, 0) is 15.8 Å². The molecule has 2 aromatic heterocycles. The largest absolute Gasteiger partial charge is 0.586 e. The third-order valence-electron chi connectivity index (χ3n) is 7.74. The van der Waals surface area contributed by atoms with Crippen LogP contribution < -0.4 is 30.0 Å². The highest BCUT2D eigenvalue weighted by molar-refractivity contribution is 7.18. The molecule has 11 nitrogen and oxygen atoms in total. The Morgan fingerprint density at radius 3 is 2.52 bits per heavy atom. The Kier molecular flexibility index (Phi) is 7.05. The van der Waals surface area contributed by atoms with Gasteiger partial charge in [0.1, 0.15) is 34.7 Å². The van der Waals surface area contributed by atoms with Crippen LogP contribution in [0.1, 0.15) is 33.5 Å². The molecule has 2 atom stereocenters. The average molecular weight is 667 g/mol. The number of primary amides is 1. The van der Waals surface area contributed by atoms with Crippen molar-refractivity contribution < 1.29 is 55.6 Å². The molecule has 4 aromatic rings. The van der Waals surface area contributed by atoms with Crippen LogP contribution in [-0.4, -0.2) is 59.6 Å². The normalized spacial score (nSPS) is 19.3. The van der Waals surface area contributed by atoms with Crippen molar-refractivity contribution in [3.63, 3.8) is 0 Å². The minimum atomic E-state index is -5.44. The number of nitrogens with zero attached hydrogens (tertiary/aromatic N) is 2. The summed E-state index contributed by atoms with van der Waals surface area (Å²) in [5.41, 5.74) is -1.08. The summed E-state index contributed by atoms with van der Waals surface area (Å²) in [4.78, 5) is 34.0. The molecule has 2 amide bonds.